The quantitative estimate of drug-likeness (QED) is 0.892. The molecule has 114 valence electrons. The van der Waals surface area contributed by atoms with Crippen molar-refractivity contribution < 1.29 is 19.1 Å². The van der Waals surface area contributed by atoms with E-state index >= 15 is 0 Å². The van der Waals surface area contributed by atoms with Gasteiger partial charge in [-0.15, -0.1) is 0 Å². The maximum Gasteiger partial charge on any atom is 0.326 e. The average molecular weight is 301 g/mol. The van der Waals surface area contributed by atoms with Gasteiger partial charge in [0.15, 0.2) is 0 Å². The number of hydrogen-bond acceptors (Lipinski definition) is 2. The van der Waals surface area contributed by atoms with E-state index in [1.54, 1.807) is 12.1 Å². The maximum absolute atomic E-state index is 13.6. The molecule has 0 aliphatic rings. The van der Waals surface area contributed by atoms with Crippen LogP contribution in [0.1, 0.15) is 21.5 Å². The van der Waals surface area contributed by atoms with E-state index in [2.05, 4.69) is 5.32 Å². The molecule has 0 unspecified atom stereocenters. The molecule has 0 fully saturated rings. The first kappa shape index (κ1) is 15.7. The Morgan fingerprint density at radius 2 is 1.77 bits per heavy atom. The first-order valence-electron chi connectivity index (χ1n) is 6.81. The number of rotatable bonds is 5. The minimum Gasteiger partial charge on any atom is -0.480 e. The molecule has 4 nitrogen and oxygen atoms in total. The van der Waals surface area contributed by atoms with Crippen LogP contribution in [0.5, 0.6) is 0 Å². The molecule has 1 amide bonds. The Balaban J connectivity index is 2.16. The topological polar surface area (TPSA) is 66.4 Å². The van der Waals surface area contributed by atoms with E-state index in [4.69, 9.17) is 0 Å². The van der Waals surface area contributed by atoms with Gasteiger partial charge in [0.2, 0.25) is 0 Å². The van der Waals surface area contributed by atoms with Gasteiger partial charge in [0.1, 0.15) is 11.9 Å². The number of carbonyl (C=O) groups is 2. The number of benzene rings is 2. The molecule has 1 atom stereocenters. The summed E-state index contributed by atoms with van der Waals surface area (Å²) in [5.41, 5.74) is 1.59. The molecule has 0 aliphatic heterocycles. The lowest BCUT2D eigenvalue weighted by molar-refractivity contribution is -0.139. The van der Waals surface area contributed by atoms with Crippen LogP contribution >= 0.6 is 0 Å². The highest BCUT2D eigenvalue weighted by atomic mass is 19.1. The molecule has 0 bridgehead atoms. The number of aryl methyl sites for hydroxylation is 1. The third-order valence-corrected chi connectivity index (χ3v) is 3.41. The Labute approximate surface area is 127 Å². The van der Waals surface area contributed by atoms with Gasteiger partial charge in [-0.05, 0) is 30.2 Å². The Morgan fingerprint density at radius 1 is 1.14 bits per heavy atom. The number of carboxylic acid groups (broad SMARTS) is 1. The second-order valence-electron chi connectivity index (χ2n) is 4.97. The average Bonchev–Trinajstić information content (AvgIpc) is 2.49. The first-order valence-corrected chi connectivity index (χ1v) is 6.81. The molecule has 2 N–H and O–H groups in total. The lowest BCUT2D eigenvalue weighted by Crippen LogP contribution is -2.42. The Morgan fingerprint density at radius 3 is 2.41 bits per heavy atom. The molecular formula is C17H16FNO3. The molecule has 2 aromatic rings. The zero-order valence-electron chi connectivity index (χ0n) is 12.0. The first-order chi connectivity index (χ1) is 10.5. The summed E-state index contributed by atoms with van der Waals surface area (Å²) in [4.78, 5) is 23.4. The summed E-state index contributed by atoms with van der Waals surface area (Å²) >= 11 is 0. The highest BCUT2D eigenvalue weighted by molar-refractivity contribution is 5.96. The van der Waals surface area contributed by atoms with Crippen molar-refractivity contribution in [1.82, 2.24) is 5.32 Å². The second kappa shape index (κ2) is 6.85. The summed E-state index contributed by atoms with van der Waals surface area (Å²) in [5.74, 6) is -2.58. The van der Waals surface area contributed by atoms with Crippen molar-refractivity contribution in [3.63, 3.8) is 0 Å². The molecule has 2 rings (SSSR count). The van der Waals surface area contributed by atoms with E-state index in [0.29, 0.717) is 0 Å². The second-order valence-corrected chi connectivity index (χ2v) is 4.97. The smallest absolute Gasteiger partial charge is 0.326 e. The van der Waals surface area contributed by atoms with E-state index in [1.807, 2.05) is 19.1 Å². The van der Waals surface area contributed by atoms with E-state index in [0.717, 1.165) is 17.2 Å². The molecule has 0 saturated heterocycles. The molecule has 0 radical (unpaired) electrons. The van der Waals surface area contributed by atoms with Crippen molar-refractivity contribution in [1.29, 1.82) is 0 Å². The SMILES string of the molecule is Cc1ccccc1C[C@@H](NC(=O)c1ccccc1F)C(=O)O. The van der Waals surface area contributed by atoms with Gasteiger partial charge in [-0.3, -0.25) is 4.79 Å². The van der Waals surface area contributed by atoms with Crippen LogP contribution in [0.2, 0.25) is 0 Å². The van der Waals surface area contributed by atoms with E-state index < -0.39 is 23.7 Å². The number of amides is 1. The number of nitrogens with one attached hydrogen (secondary N) is 1. The van der Waals surface area contributed by atoms with Crippen LogP contribution in [0.25, 0.3) is 0 Å². The number of carbonyl (C=O) groups excluding carboxylic acids is 1. The summed E-state index contributed by atoms with van der Waals surface area (Å²) in [6.07, 6.45) is 0.141. The Hall–Kier alpha value is -2.69. The van der Waals surface area contributed by atoms with E-state index in [1.165, 1.54) is 18.2 Å². The fourth-order valence-corrected chi connectivity index (χ4v) is 2.14. The highest BCUT2D eigenvalue weighted by Gasteiger charge is 2.22. The molecule has 0 aliphatic carbocycles. The highest BCUT2D eigenvalue weighted by Crippen LogP contribution is 2.11. The number of hydrogen-bond donors (Lipinski definition) is 2. The lowest BCUT2D eigenvalue weighted by atomic mass is 10.0. The van der Waals surface area contributed by atoms with Crippen LogP contribution in [0.4, 0.5) is 4.39 Å². The van der Waals surface area contributed by atoms with Crippen molar-refractivity contribution >= 4 is 11.9 Å². The maximum atomic E-state index is 13.6. The number of aliphatic carboxylic acids is 1. The third kappa shape index (κ3) is 3.69. The molecule has 0 saturated carbocycles. The summed E-state index contributed by atoms with van der Waals surface area (Å²) in [5, 5.41) is 11.7. The summed E-state index contributed by atoms with van der Waals surface area (Å²) in [6, 6.07) is 11.7. The largest absolute Gasteiger partial charge is 0.480 e. The molecule has 0 heterocycles. The van der Waals surface area contributed by atoms with Crippen LogP contribution < -0.4 is 5.32 Å². The van der Waals surface area contributed by atoms with Crippen LogP contribution in [0.3, 0.4) is 0 Å². The predicted molar refractivity (Wildman–Crippen MR) is 80.2 cm³/mol. The van der Waals surface area contributed by atoms with E-state index in [-0.39, 0.29) is 12.0 Å². The normalized spacial score (nSPS) is 11.7. The minimum absolute atomic E-state index is 0.141. The van der Waals surface area contributed by atoms with Gasteiger partial charge in [0, 0.05) is 6.42 Å². The summed E-state index contributed by atoms with van der Waals surface area (Å²) in [7, 11) is 0. The van der Waals surface area contributed by atoms with Crippen LogP contribution in [0.15, 0.2) is 48.5 Å². The van der Waals surface area contributed by atoms with Crippen LogP contribution in [-0.4, -0.2) is 23.0 Å². The van der Waals surface area contributed by atoms with Crippen molar-refractivity contribution in [2.24, 2.45) is 0 Å². The van der Waals surface area contributed by atoms with Gasteiger partial charge in [0.25, 0.3) is 5.91 Å². The zero-order chi connectivity index (χ0) is 16.1. The summed E-state index contributed by atoms with van der Waals surface area (Å²) in [6.45, 7) is 1.87. The monoisotopic (exact) mass is 301 g/mol. The minimum atomic E-state index is -1.16. The van der Waals surface area contributed by atoms with Crippen molar-refractivity contribution in [3.05, 3.63) is 71.0 Å². The molecule has 0 aromatic heterocycles. The fourth-order valence-electron chi connectivity index (χ4n) is 2.14. The van der Waals surface area contributed by atoms with Gasteiger partial charge in [-0.1, -0.05) is 36.4 Å². The molecule has 2 aromatic carbocycles. The third-order valence-electron chi connectivity index (χ3n) is 3.41. The van der Waals surface area contributed by atoms with Crippen LogP contribution in [0, 0.1) is 12.7 Å². The molecule has 0 spiro atoms. The predicted octanol–water partition coefficient (Wildman–Crippen LogP) is 2.56. The number of halogens is 1. The molecular weight excluding hydrogens is 285 g/mol. The van der Waals surface area contributed by atoms with Gasteiger partial charge in [-0.25, -0.2) is 9.18 Å². The number of carboxylic acids is 1. The fraction of sp³-hybridized carbons (Fsp3) is 0.176. The standard InChI is InChI=1S/C17H16FNO3/c1-11-6-2-3-7-12(11)10-15(17(21)22)19-16(20)13-8-4-5-9-14(13)18/h2-9,15H,10H2,1H3,(H,19,20)(H,21,22)/t15-/m1/s1. The molecule has 5 heteroatoms. The van der Waals surface area contributed by atoms with Crippen LogP contribution in [-0.2, 0) is 11.2 Å². The van der Waals surface area contributed by atoms with E-state index in [9.17, 15) is 19.1 Å². The van der Waals surface area contributed by atoms with Gasteiger partial charge in [0.05, 0.1) is 5.56 Å². The lowest BCUT2D eigenvalue weighted by Gasteiger charge is -2.16. The van der Waals surface area contributed by atoms with Gasteiger partial charge in [-0.2, -0.15) is 0 Å². The van der Waals surface area contributed by atoms with Gasteiger partial charge < -0.3 is 10.4 Å². The molecule has 22 heavy (non-hydrogen) atoms. The summed E-state index contributed by atoms with van der Waals surface area (Å²) < 4.78 is 13.6. The Kier molecular flexibility index (Phi) is 4.88. The van der Waals surface area contributed by atoms with Gasteiger partial charge >= 0.3 is 5.97 Å². The van der Waals surface area contributed by atoms with Crippen molar-refractivity contribution in [2.45, 2.75) is 19.4 Å². The van der Waals surface area contributed by atoms with Crippen molar-refractivity contribution in [3.8, 4) is 0 Å². The van der Waals surface area contributed by atoms with Crippen molar-refractivity contribution in [2.75, 3.05) is 0 Å². The zero-order valence-corrected chi connectivity index (χ0v) is 12.0. The Bertz CT molecular complexity index is 700.